The third-order valence-electron chi connectivity index (χ3n) is 4.43. The lowest BCUT2D eigenvalue weighted by atomic mass is 10.1. The zero-order chi connectivity index (χ0) is 19.2. The van der Waals surface area contributed by atoms with Crippen LogP contribution in [-0.4, -0.2) is 35.2 Å². The number of rotatable bonds is 8. The molecular formula is C21H21N5OS. The van der Waals surface area contributed by atoms with Gasteiger partial charge in [0.2, 0.25) is 0 Å². The summed E-state index contributed by atoms with van der Waals surface area (Å²) in [5.41, 5.74) is 3.35. The second kappa shape index (κ2) is 8.67. The van der Waals surface area contributed by atoms with Gasteiger partial charge in [-0.1, -0.05) is 12.1 Å². The molecule has 0 amide bonds. The molecule has 4 aromatic rings. The van der Waals surface area contributed by atoms with E-state index in [4.69, 9.17) is 4.74 Å². The molecule has 0 radical (unpaired) electrons. The van der Waals surface area contributed by atoms with E-state index in [0.29, 0.717) is 0 Å². The van der Waals surface area contributed by atoms with Crippen LogP contribution in [0.25, 0.3) is 21.3 Å². The minimum atomic E-state index is 0.822. The molecule has 0 aliphatic heterocycles. The van der Waals surface area contributed by atoms with Crippen LogP contribution in [0.1, 0.15) is 6.42 Å². The van der Waals surface area contributed by atoms with Gasteiger partial charge >= 0.3 is 0 Å². The summed E-state index contributed by atoms with van der Waals surface area (Å²) < 4.78 is 5.26. The van der Waals surface area contributed by atoms with Crippen molar-refractivity contribution in [2.75, 3.05) is 30.8 Å². The van der Waals surface area contributed by atoms with E-state index < -0.39 is 0 Å². The van der Waals surface area contributed by atoms with E-state index in [1.807, 2.05) is 24.3 Å². The fourth-order valence-electron chi connectivity index (χ4n) is 2.99. The summed E-state index contributed by atoms with van der Waals surface area (Å²) in [6.07, 6.45) is 6.16. The number of pyridine rings is 1. The van der Waals surface area contributed by atoms with Crippen LogP contribution in [0.15, 0.2) is 60.5 Å². The maximum Gasteiger partial charge on any atom is 0.138 e. The Morgan fingerprint density at radius 1 is 0.964 bits per heavy atom. The largest absolute Gasteiger partial charge is 0.497 e. The lowest BCUT2D eigenvalue weighted by molar-refractivity contribution is 0.415. The molecule has 0 fully saturated rings. The Morgan fingerprint density at radius 3 is 2.54 bits per heavy atom. The van der Waals surface area contributed by atoms with Crippen molar-refractivity contribution in [1.82, 2.24) is 15.0 Å². The fraction of sp³-hybridized carbons (Fsp3) is 0.190. The number of hydrogen-bond donors (Lipinski definition) is 2. The van der Waals surface area contributed by atoms with Crippen molar-refractivity contribution < 1.29 is 4.74 Å². The molecule has 0 saturated heterocycles. The van der Waals surface area contributed by atoms with Crippen LogP contribution in [-0.2, 0) is 0 Å². The van der Waals surface area contributed by atoms with Gasteiger partial charge in [0.1, 0.15) is 22.7 Å². The van der Waals surface area contributed by atoms with Crippen LogP contribution >= 0.6 is 11.3 Å². The summed E-state index contributed by atoms with van der Waals surface area (Å²) in [6, 6.07) is 12.0. The lowest BCUT2D eigenvalue weighted by Gasteiger charge is -2.10. The number of nitrogens with one attached hydrogen (secondary N) is 2. The SMILES string of the molecule is COc1ccc(-c2csc3ncnc(NCCCNc4ccncc4)c23)cc1. The van der Waals surface area contributed by atoms with Crippen molar-refractivity contribution in [3.63, 3.8) is 0 Å². The minimum Gasteiger partial charge on any atom is -0.497 e. The number of nitrogens with zero attached hydrogens (tertiary/aromatic N) is 3. The minimum absolute atomic E-state index is 0.822. The highest BCUT2D eigenvalue weighted by Gasteiger charge is 2.13. The van der Waals surface area contributed by atoms with Crippen LogP contribution < -0.4 is 15.4 Å². The highest BCUT2D eigenvalue weighted by Crippen LogP contribution is 2.36. The first-order valence-corrected chi connectivity index (χ1v) is 9.97. The third kappa shape index (κ3) is 4.04. The molecule has 0 aliphatic rings. The molecule has 6 nitrogen and oxygen atoms in total. The Hall–Kier alpha value is -3.19. The summed E-state index contributed by atoms with van der Waals surface area (Å²) in [6.45, 7) is 1.70. The van der Waals surface area contributed by atoms with Gasteiger partial charge in [0.05, 0.1) is 12.5 Å². The van der Waals surface area contributed by atoms with E-state index in [-0.39, 0.29) is 0 Å². The molecule has 0 unspecified atom stereocenters. The molecule has 1 aromatic carbocycles. The normalized spacial score (nSPS) is 10.8. The van der Waals surface area contributed by atoms with Gasteiger partial charge in [-0.2, -0.15) is 0 Å². The van der Waals surface area contributed by atoms with E-state index in [1.54, 1.807) is 37.2 Å². The van der Waals surface area contributed by atoms with Gasteiger partial charge in [0, 0.05) is 42.1 Å². The van der Waals surface area contributed by atoms with Gasteiger partial charge < -0.3 is 15.4 Å². The number of methoxy groups -OCH3 is 1. The van der Waals surface area contributed by atoms with Crippen molar-refractivity contribution in [1.29, 1.82) is 0 Å². The van der Waals surface area contributed by atoms with Crippen molar-refractivity contribution >= 4 is 33.1 Å². The summed E-state index contributed by atoms with van der Waals surface area (Å²) in [7, 11) is 1.68. The maximum absolute atomic E-state index is 5.26. The average Bonchev–Trinajstić information content (AvgIpc) is 3.19. The monoisotopic (exact) mass is 391 g/mol. The average molecular weight is 392 g/mol. The van der Waals surface area contributed by atoms with Crippen LogP contribution in [0, 0.1) is 0 Å². The van der Waals surface area contributed by atoms with Gasteiger partial charge in [-0.3, -0.25) is 4.98 Å². The smallest absolute Gasteiger partial charge is 0.138 e. The lowest BCUT2D eigenvalue weighted by Crippen LogP contribution is -2.10. The third-order valence-corrected chi connectivity index (χ3v) is 5.31. The van der Waals surface area contributed by atoms with Gasteiger partial charge in [0.15, 0.2) is 0 Å². The van der Waals surface area contributed by atoms with E-state index >= 15 is 0 Å². The molecule has 3 aromatic heterocycles. The molecular weight excluding hydrogens is 370 g/mol. The van der Waals surface area contributed by atoms with E-state index in [0.717, 1.165) is 58.1 Å². The van der Waals surface area contributed by atoms with Crippen LogP contribution in [0.4, 0.5) is 11.5 Å². The standard InChI is InChI=1S/C21H21N5OS/c1-27-17-5-3-15(4-6-17)18-13-28-21-19(18)20(25-14-26-21)24-10-2-9-23-16-7-11-22-12-8-16/h3-8,11-14H,2,9-10H2,1H3,(H,22,23)(H,24,25,26). The summed E-state index contributed by atoms with van der Waals surface area (Å²) in [5, 5.41) is 10.1. The molecule has 0 spiro atoms. The van der Waals surface area contributed by atoms with Crippen molar-refractivity contribution in [2.24, 2.45) is 0 Å². The Bertz CT molecular complexity index is 1030. The zero-order valence-corrected chi connectivity index (χ0v) is 16.4. The maximum atomic E-state index is 5.26. The molecule has 28 heavy (non-hydrogen) atoms. The predicted molar refractivity (Wildman–Crippen MR) is 115 cm³/mol. The molecule has 0 saturated carbocycles. The molecule has 7 heteroatoms. The number of hydrogen-bond acceptors (Lipinski definition) is 7. The van der Waals surface area contributed by atoms with Gasteiger partial charge in [-0.05, 0) is 36.2 Å². The number of benzene rings is 1. The number of ether oxygens (including phenoxy) is 1. The highest BCUT2D eigenvalue weighted by atomic mass is 32.1. The Balaban J connectivity index is 1.45. The molecule has 142 valence electrons. The fourth-order valence-corrected chi connectivity index (χ4v) is 3.91. The Morgan fingerprint density at radius 2 is 1.75 bits per heavy atom. The topological polar surface area (TPSA) is 72.0 Å². The van der Waals surface area contributed by atoms with E-state index in [9.17, 15) is 0 Å². The van der Waals surface area contributed by atoms with Gasteiger partial charge in [-0.25, -0.2) is 9.97 Å². The van der Waals surface area contributed by atoms with Crippen LogP contribution in [0.2, 0.25) is 0 Å². The first kappa shape index (κ1) is 18.2. The molecule has 0 aliphatic carbocycles. The first-order valence-electron chi connectivity index (χ1n) is 9.09. The Labute approximate surface area is 167 Å². The molecule has 0 bridgehead atoms. The number of fused-ring (bicyclic) bond motifs is 1. The van der Waals surface area contributed by atoms with Crippen molar-refractivity contribution in [3.05, 3.63) is 60.5 Å². The second-order valence-corrected chi connectivity index (χ2v) is 7.08. The number of anilines is 2. The summed E-state index contributed by atoms with van der Waals surface area (Å²) in [4.78, 5) is 13.9. The highest BCUT2D eigenvalue weighted by molar-refractivity contribution is 7.17. The van der Waals surface area contributed by atoms with Crippen molar-refractivity contribution in [2.45, 2.75) is 6.42 Å². The van der Waals surface area contributed by atoms with Crippen LogP contribution in [0.3, 0.4) is 0 Å². The van der Waals surface area contributed by atoms with Crippen LogP contribution in [0.5, 0.6) is 5.75 Å². The number of aromatic nitrogens is 3. The molecule has 4 rings (SSSR count). The molecule has 3 heterocycles. The van der Waals surface area contributed by atoms with Gasteiger partial charge in [0.25, 0.3) is 0 Å². The number of thiophene rings is 1. The predicted octanol–water partition coefficient (Wildman–Crippen LogP) is 4.68. The second-order valence-electron chi connectivity index (χ2n) is 6.22. The van der Waals surface area contributed by atoms with E-state index in [1.165, 1.54) is 0 Å². The van der Waals surface area contributed by atoms with E-state index in [2.05, 4.69) is 43.1 Å². The quantitative estimate of drug-likeness (QED) is 0.425. The Kier molecular flexibility index (Phi) is 5.63. The summed E-state index contributed by atoms with van der Waals surface area (Å²) in [5.74, 6) is 1.72. The molecule has 2 N–H and O–H groups in total. The van der Waals surface area contributed by atoms with Crippen molar-refractivity contribution in [3.8, 4) is 16.9 Å². The summed E-state index contributed by atoms with van der Waals surface area (Å²) >= 11 is 1.63. The van der Waals surface area contributed by atoms with Gasteiger partial charge in [-0.15, -0.1) is 11.3 Å². The zero-order valence-electron chi connectivity index (χ0n) is 15.6. The first-order chi connectivity index (χ1) is 13.8. The molecule has 0 atom stereocenters.